The molecule has 1 amide bonds. The molecule has 0 fully saturated rings. The molecule has 1 N–H and O–H groups in total. The first kappa shape index (κ1) is 14.5. The van der Waals surface area contributed by atoms with Crippen molar-refractivity contribution in [3.05, 3.63) is 71.3 Å². The third kappa shape index (κ3) is 3.61. The number of amides is 1. The molecule has 0 saturated heterocycles. The van der Waals surface area contributed by atoms with Gasteiger partial charge in [-0.05, 0) is 36.8 Å². The summed E-state index contributed by atoms with van der Waals surface area (Å²) in [4.78, 5) is 12.0. The highest BCUT2D eigenvalue weighted by molar-refractivity contribution is 6.03. The Morgan fingerprint density at radius 3 is 2.64 bits per heavy atom. The van der Waals surface area contributed by atoms with E-state index < -0.39 is 0 Å². The molecule has 0 aromatic heterocycles. The maximum absolute atomic E-state index is 12.0. The zero-order chi connectivity index (χ0) is 15.2. The lowest BCUT2D eigenvalue weighted by atomic mass is 9.90. The molecule has 22 heavy (non-hydrogen) atoms. The van der Waals surface area contributed by atoms with Crippen molar-refractivity contribution < 1.29 is 4.79 Å². The van der Waals surface area contributed by atoms with Crippen LogP contribution in [0.25, 0.3) is 0 Å². The maximum Gasteiger partial charge on any atom is 0.240 e. The summed E-state index contributed by atoms with van der Waals surface area (Å²) in [6.45, 7) is 0. The first-order chi connectivity index (χ1) is 10.8. The highest BCUT2D eigenvalue weighted by Gasteiger charge is 2.15. The molecule has 0 saturated carbocycles. The number of hydrogen-bond donors (Lipinski definition) is 1. The van der Waals surface area contributed by atoms with E-state index in [-0.39, 0.29) is 5.91 Å². The number of nitrogens with zero attached hydrogens (tertiary/aromatic N) is 1. The zero-order valence-electron chi connectivity index (χ0n) is 12.6. The summed E-state index contributed by atoms with van der Waals surface area (Å²) < 4.78 is 0. The fraction of sp³-hybridized carbons (Fsp3) is 0.263. The van der Waals surface area contributed by atoms with Crippen LogP contribution in [-0.4, -0.2) is 11.6 Å². The molecule has 2 aromatic rings. The topological polar surface area (TPSA) is 41.5 Å². The normalized spacial score (nSPS) is 15.4. The molecule has 0 bridgehead atoms. The van der Waals surface area contributed by atoms with E-state index in [0.717, 1.165) is 31.4 Å². The van der Waals surface area contributed by atoms with E-state index in [1.165, 1.54) is 16.7 Å². The standard InChI is InChI=1S/C19H20N2O/c22-19(14-13-15-7-2-1-3-8-15)21-20-18-12-6-10-16-9-4-5-11-17(16)18/h1-5,7-9,11H,6,10,12-14H2,(H,21,22). The molecule has 112 valence electrons. The van der Waals surface area contributed by atoms with Crippen LogP contribution in [0.2, 0.25) is 0 Å². The predicted molar refractivity (Wildman–Crippen MR) is 88.8 cm³/mol. The van der Waals surface area contributed by atoms with E-state index in [9.17, 15) is 4.79 Å². The van der Waals surface area contributed by atoms with E-state index in [4.69, 9.17) is 0 Å². The summed E-state index contributed by atoms with van der Waals surface area (Å²) in [7, 11) is 0. The lowest BCUT2D eigenvalue weighted by molar-refractivity contribution is -0.121. The van der Waals surface area contributed by atoms with Gasteiger partial charge >= 0.3 is 0 Å². The van der Waals surface area contributed by atoms with E-state index in [1.807, 2.05) is 36.4 Å². The third-order valence-electron chi connectivity index (χ3n) is 3.99. The number of carbonyl (C=O) groups excluding carboxylic acids is 1. The Kier molecular flexibility index (Phi) is 4.64. The monoisotopic (exact) mass is 292 g/mol. The Morgan fingerprint density at radius 1 is 1.00 bits per heavy atom. The lowest BCUT2D eigenvalue weighted by Gasteiger charge is -2.17. The maximum atomic E-state index is 12.0. The minimum atomic E-state index is -0.0283. The number of hydrazone groups is 1. The average Bonchev–Trinajstić information content (AvgIpc) is 2.59. The van der Waals surface area contributed by atoms with Gasteiger partial charge in [-0.2, -0.15) is 5.10 Å². The van der Waals surface area contributed by atoms with E-state index >= 15 is 0 Å². The molecule has 0 unspecified atom stereocenters. The van der Waals surface area contributed by atoms with Crippen molar-refractivity contribution in [2.45, 2.75) is 32.1 Å². The van der Waals surface area contributed by atoms with Crippen LogP contribution < -0.4 is 5.43 Å². The van der Waals surface area contributed by atoms with Gasteiger partial charge in [0.25, 0.3) is 0 Å². The van der Waals surface area contributed by atoms with Gasteiger partial charge in [-0.3, -0.25) is 4.79 Å². The van der Waals surface area contributed by atoms with Gasteiger partial charge in [-0.15, -0.1) is 0 Å². The minimum absolute atomic E-state index is 0.0283. The molecular weight excluding hydrogens is 272 g/mol. The molecule has 1 aliphatic carbocycles. The molecule has 3 heteroatoms. The fourth-order valence-electron chi connectivity index (χ4n) is 2.81. The average molecular weight is 292 g/mol. The number of fused-ring (bicyclic) bond motifs is 1. The molecule has 0 spiro atoms. The second-order valence-corrected chi connectivity index (χ2v) is 5.59. The molecule has 0 radical (unpaired) electrons. The molecule has 2 aromatic carbocycles. The second kappa shape index (κ2) is 7.03. The number of nitrogens with one attached hydrogen (secondary N) is 1. The van der Waals surface area contributed by atoms with Crippen molar-refractivity contribution in [1.82, 2.24) is 5.43 Å². The molecule has 3 rings (SSSR count). The number of benzene rings is 2. The summed E-state index contributed by atoms with van der Waals surface area (Å²) in [5, 5.41) is 4.35. The van der Waals surface area contributed by atoms with Crippen LogP contribution in [0.1, 0.15) is 36.0 Å². The first-order valence-electron chi connectivity index (χ1n) is 7.80. The molecule has 3 nitrogen and oxygen atoms in total. The highest BCUT2D eigenvalue weighted by Crippen LogP contribution is 2.21. The van der Waals surface area contributed by atoms with Crippen LogP contribution >= 0.6 is 0 Å². The summed E-state index contributed by atoms with van der Waals surface area (Å²) in [5.41, 5.74) is 7.39. The summed E-state index contributed by atoms with van der Waals surface area (Å²) in [6.07, 6.45) is 4.32. The molecule has 0 heterocycles. The van der Waals surface area contributed by atoms with Gasteiger partial charge in [-0.1, -0.05) is 54.6 Å². The summed E-state index contributed by atoms with van der Waals surface area (Å²) in [5.74, 6) is -0.0283. The van der Waals surface area contributed by atoms with Gasteiger partial charge in [0.2, 0.25) is 5.91 Å². The van der Waals surface area contributed by atoms with Crippen molar-refractivity contribution >= 4 is 11.6 Å². The summed E-state index contributed by atoms with van der Waals surface area (Å²) >= 11 is 0. The third-order valence-corrected chi connectivity index (χ3v) is 3.99. The Morgan fingerprint density at radius 2 is 1.77 bits per heavy atom. The lowest BCUT2D eigenvalue weighted by Crippen LogP contribution is -2.22. The Balaban J connectivity index is 1.59. The molecule has 0 atom stereocenters. The van der Waals surface area contributed by atoms with Gasteiger partial charge in [0.1, 0.15) is 0 Å². The second-order valence-electron chi connectivity index (χ2n) is 5.59. The SMILES string of the molecule is O=C(CCc1ccccc1)NN=C1CCCc2ccccc21. The van der Waals surface area contributed by atoms with Gasteiger partial charge in [0.15, 0.2) is 0 Å². The van der Waals surface area contributed by atoms with E-state index in [2.05, 4.69) is 28.7 Å². The van der Waals surface area contributed by atoms with Crippen molar-refractivity contribution in [1.29, 1.82) is 0 Å². The number of aryl methyl sites for hydroxylation is 2. The fourth-order valence-corrected chi connectivity index (χ4v) is 2.81. The Hall–Kier alpha value is -2.42. The highest BCUT2D eigenvalue weighted by atomic mass is 16.2. The number of carbonyl (C=O) groups is 1. The van der Waals surface area contributed by atoms with Crippen molar-refractivity contribution in [3.8, 4) is 0 Å². The van der Waals surface area contributed by atoms with Gasteiger partial charge in [-0.25, -0.2) is 5.43 Å². The van der Waals surface area contributed by atoms with Crippen LogP contribution in [0.3, 0.4) is 0 Å². The number of hydrogen-bond acceptors (Lipinski definition) is 2. The number of rotatable bonds is 4. The minimum Gasteiger partial charge on any atom is -0.273 e. The molecule has 1 aliphatic rings. The quantitative estimate of drug-likeness (QED) is 0.861. The Bertz CT molecular complexity index is 677. The van der Waals surface area contributed by atoms with E-state index in [0.29, 0.717) is 6.42 Å². The van der Waals surface area contributed by atoms with Crippen LogP contribution in [-0.2, 0) is 17.6 Å². The van der Waals surface area contributed by atoms with Crippen molar-refractivity contribution in [2.24, 2.45) is 5.10 Å². The zero-order valence-corrected chi connectivity index (χ0v) is 12.6. The molecular formula is C19H20N2O. The van der Waals surface area contributed by atoms with Gasteiger partial charge in [0, 0.05) is 12.0 Å². The van der Waals surface area contributed by atoms with Gasteiger partial charge in [0.05, 0.1) is 5.71 Å². The smallest absolute Gasteiger partial charge is 0.240 e. The van der Waals surface area contributed by atoms with Crippen LogP contribution in [0.4, 0.5) is 0 Å². The van der Waals surface area contributed by atoms with Crippen molar-refractivity contribution in [2.75, 3.05) is 0 Å². The van der Waals surface area contributed by atoms with Crippen LogP contribution in [0, 0.1) is 0 Å². The van der Waals surface area contributed by atoms with E-state index in [1.54, 1.807) is 0 Å². The largest absolute Gasteiger partial charge is 0.273 e. The van der Waals surface area contributed by atoms with Crippen LogP contribution in [0.5, 0.6) is 0 Å². The van der Waals surface area contributed by atoms with Gasteiger partial charge < -0.3 is 0 Å². The van der Waals surface area contributed by atoms with Crippen molar-refractivity contribution in [3.63, 3.8) is 0 Å². The Labute approximate surface area is 131 Å². The van der Waals surface area contributed by atoms with Crippen LogP contribution in [0.15, 0.2) is 59.7 Å². The predicted octanol–water partition coefficient (Wildman–Crippen LogP) is 3.48. The first-order valence-corrected chi connectivity index (χ1v) is 7.80. The summed E-state index contributed by atoms with van der Waals surface area (Å²) in [6, 6.07) is 18.4. The molecule has 0 aliphatic heterocycles.